The molecule has 0 unspecified atom stereocenters. The standard InChI is InChI=1S/C9H11F4N3/c10-7(11)9(12,13)8-14-6(15-16-8)5-3-1-2-4-5/h5,7H,1-4H2,(H,14,15,16). The Morgan fingerprint density at radius 3 is 2.44 bits per heavy atom. The lowest BCUT2D eigenvalue weighted by Crippen LogP contribution is -2.25. The van der Waals surface area contributed by atoms with Crippen LogP contribution in [-0.2, 0) is 5.92 Å². The number of H-pyrrole nitrogens is 1. The highest BCUT2D eigenvalue weighted by Gasteiger charge is 2.47. The van der Waals surface area contributed by atoms with Crippen LogP contribution in [0.2, 0.25) is 0 Å². The van der Waals surface area contributed by atoms with E-state index in [0.717, 1.165) is 25.7 Å². The summed E-state index contributed by atoms with van der Waals surface area (Å²) in [6, 6.07) is 0. The number of aromatic amines is 1. The molecule has 2 rings (SSSR count). The number of aromatic nitrogens is 3. The van der Waals surface area contributed by atoms with Crippen LogP contribution in [0.25, 0.3) is 0 Å². The lowest BCUT2D eigenvalue weighted by molar-refractivity contribution is -0.140. The van der Waals surface area contributed by atoms with Crippen LogP contribution < -0.4 is 0 Å². The number of hydrogen-bond acceptors (Lipinski definition) is 2. The predicted octanol–water partition coefficient (Wildman–Crippen LogP) is 2.82. The highest BCUT2D eigenvalue weighted by atomic mass is 19.3. The highest BCUT2D eigenvalue weighted by molar-refractivity contribution is 5.04. The van der Waals surface area contributed by atoms with Gasteiger partial charge in [0.05, 0.1) is 0 Å². The fraction of sp³-hybridized carbons (Fsp3) is 0.778. The molecule has 1 heterocycles. The van der Waals surface area contributed by atoms with Gasteiger partial charge in [0.1, 0.15) is 5.82 Å². The number of nitrogens with one attached hydrogen (secondary N) is 1. The van der Waals surface area contributed by atoms with Gasteiger partial charge < -0.3 is 0 Å². The highest BCUT2D eigenvalue weighted by Crippen LogP contribution is 2.35. The third-order valence-corrected chi connectivity index (χ3v) is 2.82. The van der Waals surface area contributed by atoms with E-state index in [4.69, 9.17) is 0 Å². The second-order valence-corrected chi connectivity index (χ2v) is 3.95. The van der Waals surface area contributed by atoms with Crippen LogP contribution in [0.1, 0.15) is 43.3 Å². The Hall–Kier alpha value is -1.14. The third-order valence-electron chi connectivity index (χ3n) is 2.82. The van der Waals surface area contributed by atoms with Crippen molar-refractivity contribution in [2.75, 3.05) is 0 Å². The maximum Gasteiger partial charge on any atom is 0.367 e. The summed E-state index contributed by atoms with van der Waals surface area (Å²) < 4.78 is 49.8. The topological polar surface area (TPSA) is 41.6 Å². The normalized spacial score (nSPS) is 18.6. The molecule has 1 aliphatic carbocycles. The van der Waals surface area contributed by atoms with E-state index >= 15 is 0 Å². The average molecular weight is 237 g/mol. The van der Waals surface area contributed by atoms with Crippen LogP contribution in [-0.4, -0.2) is 21.6 Å². The summed E-state index contributed by atoms with van der Waals surface area (Å²) in [5.74, 6) is -5.03. The summed E-state index contributed by atoms with van der Waals surface area (Å²) in [7, 11) is 0. The van der Waals surface area contributed by atoms with Crippen molar-refractivity contribution >= 4 is 0 Å². The SMILES string of the molecule is FC(F)C(F)(F)c1n[nH]c(C2CCCC2)n1. The van der Waals surface area contributed by atoms with E-state index in [2.05, 4.69) is 15.2 Å². The van der Waals surface area contributed by atoms with Crippen molar-refractivity contribution in [3.05, 3.63) is 11.6 Å². The van der Waals surface area contributed by atoms with E-state index in [9.17, 15) is 17.6 Å². The van der Waals surface area contributed by atoms with Crippen molar-refractivity contribution < 1.29 is 17.6 Å². The van der Waals surface area contributed by atoms with Gasteiger partial charge in [0, 0.05) is 5.92 Å². The Balaban J connectivity index is 2.18. The van der Waals surface area contributed by atoms with E-state index < -0.39 is 18.2 Å². The third kappa shape index (κ3) is 1.90. The van der Waals surface area contributed by atoms with Crippen molar-refractivity contribution in [3.8, 4) is 0 Å². The summed E-state index contributed by atoms with van der Waals surface area (Å²) in [6.45, 7) is 0. The molecule has 0 amide bonds. The van der Waals surface area contributed by atoms with Crippen LogP contribution in [0.15, 0.2) is 0 Å². The molecule has 1 fully saturated rings. The first-order valence-corrected chi connectivity index (χ1v) is 5.10. The molecule has 1 aliphatic rings. The minimum absolute atomic E-state index is 0.0507. The second kappa shape index (κ2) is 4.03. The van der Waals surface area contributed by atoms with Crippen molar-refractivity contribution in [2.45, 2.75) is 43.9 Å². The molecule has 0 atom stereocenters. The molecule has 1 aromatic rings. The van der Waals surface area contributed by atoms with Gasteiger partial charge in [-0.1, -0.05) is 12.8 Å². The Morgan fingerprint density at radius 1 is 1.25 bits per heavy atom. The fourth-order valence-corrected chi connectivity index (χ4v) is 1.90. The molecule has 90 valence electrons. The molecule has 16 heavy (non-hydrogen) atoms. The minimum atomic E-state index is -4.27. The van der Waals surface area contributed by atoms with E-state index in [1.54, 1.807) is 0 Å². The number of alkyl halides is 4. The summed E-state index contributed by atoms with van der Waals surface area (Å²) >= 11 is 0. The van der Waals surface area contributed by atoms with Crippen LogP contribution in [0, 0.1) is 0 Å². The van der Waals surface area contributed by atoms with Gasteiger partial charge >= 0.3 is 12.3 Å². The van der Waals surface area contributed by atoms with Crippen molar-refractivity contribution in [3.63, 3.8) is 0 Å². The number of nitrogens with zero attached hydrogens (tertiary/aromatic N) is 2. The molecule has 3 nitrogen and oxygen atoms in total. The van der Waals surface area contributed by atoms with E-state index in [1.807, 2.05) is 0 Å². The van der Waals surface area contributed by atoms with Gasteiger partial charge in [0.15, 0.2) is 0 Å². The molecule has 0 radical (unpaired) electrons. The molecule has 0 bridgehead atoms. The Labute approximate surface area is 89.3 Å². The first kappa shape index (κ1) is 11.3. The van der Waals surface area contributed by atoms with Crippen molar-refractivity contribution in [1.29, 1.82) is 0 Å². The maximum atomic E-state index is 12.9. The predicted molar refractivity (Wildman–Crippen MR) is 47.5 cm³/mol. The zero-order chi connectivity index (χ0) is 11.8. The summed E-state index contributed by atoms with van der Waals surface area (Å²) in [6.07, 6.45) is -0.0820. The number of hydrogen-bond donors (Lipinski definition) is 1. The fourth-order valence-electron chi connectivity index (χ4n) is 1.90. The first-order valence-electron chi connectivity index (χ1n) is 5.10. The molecule has 1 saturated carbocycles. The number of halogens is 4. The molecule has 0 aromatic carbocycles. The van der Waals surface area contributed by atoms with Gasteiger partial charge in [0.2, 0.25) is 5.82 Å². The van der Waals surface area contributed by atoms with Crippen molar-refractivity contribution in [2.24, 2.45) is 0 Å². The minimum Gasteiger partial charge on any atom is -0.263 e. The lowest BCUT2D eigenvalue weighted by atomic mass is 10.1. The van der Waals surface area contributed by atoms with E-state index in [-0.39, 0.29) is 5.92 Å². The molecule has 1 aromatic heterocycles. The lowest BCUT2D eigenvalue weighted by Gasteiger charge is -2.10. The average Bonchev–Trinajstić information content (AvgIpc) is 2.88. The van der Waals surface area contributed by atoms with Crippen LogP contribution >= 0.6 is 0 Å². The van der Waals surface area contributed by atoms with E-state index in [0.29, 0.717) is 5.82 Å². The zero-order valence-corrected chi connectivity index (χ0v) is 8.39. The van der Waals surface area contributed by atoms with E-state index in [1.165, 1.54) is 0 Å². The Bertz CT molecular complexity index is 357. The maximum absolute atomic E-state index is 12.9. The summed E-state index contributed by atoms with van der Waals surface area (Å²) in [4.78, 5) is 3.49. The molecule has 1 N–H and O–H groups in total. The first-order chi connectivity index (χ1) is 7.51. The van der Waals surface area contributed by atoms with Crippen LogP contribution in [0.5, 0.6) is 0 Å². The van der Waals surface area contributed by atoms with Gasteiger partial charge in [-0.25, -0.2) is 13.8 Å². The molecule has 0 spiro atoms. The molecule has 0 saturated heterocycles. The van der Waals surface area contributed by atoms with Crippen molar-refractivity contribution in [1.82, 2.24) is 15.2 Å². The van der Waals surface area contributed by atoms with Crippen LogP contribution in [0.3, 0.4) is 0 Å². The smallest absolute Gasteiger partial charge is 0.263 e. The largest absolute Gasteiger partial charge is 0.367 e. The second-order valence-electron chi connectivity index (χ2n) is 3.95. The molecule has 0 aliphatic heterocycles. The summed E-state index contributed by atoms with van der Waals surface area (Å²) in [5, 5.41) is 5.52. The van der Waals surface area contributed by atoms with Gasteiger partial charge in [-0.15, -0.1) is 0 Å². The zero-order valence-electron chi connectivity index (χ0n) is 8.39. The van der Waals surface area contributed by atoms with Crippen LogP contribution in [0.4, 0.5) is 17.6 Å². The molecular formula is C9H11F4N3. The van der Waals surface area contributed by atoms with Gasteiger partial charge in [0.25, 0.3) is 0 Å². The summed E-state index contributed by atoms with van der Waals surface area (Å²) in [5.41, 5.74) is 0. The molecular weight excluding hydrogens is 226 g/mol. The molecule has 7 heteroatoms. The monoisotopic (exact) mass is 237 g/mol. The van der Waals surface area contributed by atoms with Gasteiger partial charge in [-0.3, -0.25) is 5.10 Å². The number of rotatable bonds is 3. The van der Waals surface area contributed by atoms with Gasteiger partial charge in [-0.05, 0) is 12.8 Å². The Kier molecular flexibility index (Phi) is 2.86. The Morgan fingerprint density at radius 2 is 1.88 bits per heavy atom. The quantitative estimate of drug-likeness (QED) is 0.821. The van der Waals surface area contributed by atoms with Gasteiger partial charge in [-0.2, -0.15) is 13.9 Å².